The van der Waals surface area contributed by atoms with Gasteiger partial charge in [-0.1, -0.05) is 18.2 Å². The van der Waals surface area contributed by atoms with Crippen LogP contribution in [0.1, 0.15) is 12.0 Å². The van der Waals surface area contributed by atoms with Crippen LogP contribution in [0.4, 0.5) is 0 Å². The number of carboxylic acids is 1. The molecular formula is C15H18N2O3S. The van der Waals surface area contributed by atoms with E-state index in [1.54, 1.807) is 0 Å². The van der Waals surface area contributed by atoms with Crippen molar-refractivity contribution >= 4 is 34.5 Å². The third-order valence-corrected chi connectivity index (χ3v) is 4.03. The molecule has 6 heteroatoms. The Bertz CT molecular complexity index is 624. The summed E-state index contributed by atoms with van der Waals surface area (Å²) in [7, 11) is 0. The average molecular weight is 306 g/mol. The quantitative estimate of drug-likeness (QED) is 0.652. The second-order valence-corrected chi connectivity index (χ2v) is 5.76. The summed E-state index contributed by atoms with van der Waals surface area (Å²) in [6, 6.07) is 8.02. The molecule has 2 aromatic rings. The van der Waals surface area contributed by atoms with Crippen LogP contribution in [0.25, 0.3) is 10.9 Å². The molecule has 2 rings (SSSR count). The van der Waals surface area contributed by atoms with Crippen molar-refractivity contribution in [2.24, 2.45) is 0 Å². The largest absolute Gasteiger partial charge is 0.481 e. The Hall–Kier alpha value is -1.95. The van der Waals surface area contributed by atoms with Crippen LogP contribution in [0.2, 0.25) is 0 Å². The maximum atomic E-state index is 11.7. The van der Waals surface area contributed by atoms with Crippen LogP contribution >= 0.6 is 11.8 Å². The predicted octanol–water partition coefficient (Wildman–Crippen LogP) is 2.03. The number of aromatic amines is 1. The van der Waals surface area contributed by atoms with Crippen molar-refractivity contribution in [2.45, 2.75) is 12.8 Å². The summed E-state index contributed by atoms with van der Waals surface area (Å²) in [5, 5.41) is 12.4. The number of nitrogens with one attached hydrogen (secondary N) is 2. The Labute approximate surface area is 127 Å². The minimum atomic E-state index is -0.828. The van der Waals surface area contributed by atoms with Gasteiger partial charge in [0.1, 0.15) is 0 Å². The van der Waals surface area contributed by atoms with E-state index in [-0.39, 0.29) is 11.7 Å². The summed E-state index contributed by atoms with van der Waals surface area (Å²) >= 11 is 1.30. The molecule has 1 amide bonds. The van der Waals surface area contributed by atoms with Crippen molar-refractivity contribution in [3.05, 3.63) is 36.0 Å². The lowest BCUT2D eigenvalue weighted by molar-refractivity contribution is -0.133. The number of carbonyl (C=O) groups excluding carboxylic acids is 1. The maximum Gasteiger partial charge on any atom is 0.313 e. The highest BCUT2D eigenvalue weighted by Gasteiger charge is 2.06. The molecule has 5 nitrogen and oxygen atoms in total. The van der Waals surface area contributed by atoms with Gasteiger partial charge in [0.15, 0.2) is 0 Å². The Morgan fingerprint density at radius 2 is 2.10 bits per heavy atom. The van der Waals surface area contributed by atoms with Crippen LogP contribution in [-0.4, -0.2) is 40.0 Å². The van der Waals surface area contributed by atoms with Crippen LogP contribution in [0, 0.1) is 0 Å². The summed E-state index contributed by atoms with van der Waals surface area (Å²) in [5.41, 5.74) is 2.22. The first-order valence-electron chi connectivity index (χ1n) is 6.78. The van der Waals surface area contributed by atoms with Crippen molar-refractivity contribution in [1.29, 1.82) is 0 Å². The highest BCUT2D eigenvalue weighted by molar-refractivity contribution is 7.99. The molecule has 0 aliphatic carbocycles. The lowest BCUT2D eigenvalue weighted by atomic mass is 10.1. The van der Waals surface area contributed by atoms with E-state index < -0.39 is 5.97 Å². The van der Waals surface area contributed by atoms with Crippen LogP contribution in [0.15, 0.2) is 30.5 Å². The van der Waals surface area contributed by atoms with E-state index in [0.29, 0.717) is 25.1 Å². The van der Waals surface area contributed by atoms with Crippen LogP contribution in [0.3, 0.4) is 0 Å². The lowest BCUT2D eigenvalue weighted by Crippen LogP contribution is -2.26. The number of fused-ring (bicyclic) bond motifs is 1. The van der Waals surface area contributed by atoms with Gasteiger partial charge in [0.05, 0.1) is 5.75 Å². The molecule has 0 saturated carbocycles. The zero-order chi connectivity index (χ0) is 15.1. The molecule has 0 saturated heterocycles. The van der Waals surface area contributed by atoms with E-state index in [0.717, 1.165) is 16.5 Å². The van der Waals surface area contributed by atoms with Gasteiger partial charge in [0.2, 0.25) is 5.91 Å². The number of aromatic nitrogens is 1. The minimum absolute atomic E-state index is 0.00351. The molecule has 0 radical (unpaired) electrons. The number of carboxylic acid groups (broad SMARTS) is 1. The fourth-order valence-corrected chi connectivity index (χ4v) is 2.66. The number of benzene rings is 1. The molecule has 0 unspecified atom stereocenters. The van der Waals surface area contributed by atoms with Crippen molar-refractivity contribution < 1.29 is 14.7 Å². The summed E-state index contributed by atoms with van der Waals surface area (Å²) in [6.45, 7) is 0.505. The fraction of sp³-hybridized carbons (Fsp3) is 0.333. The summed E-state index contributed by atoms with van der Waals surface area (Å²) in [5.74, 6) is -0.141. The molecule has 0 atom stereocenters. The minimum Gasteiger partial charge on any atom is -0.481 e. The van der Waals surface area contributed by atoms with Gasteiger partial charge in [-0.25, -0.2) is 0 Å². The number of hydrogen-bond acceptors (Lipinski definition) is 3. The smallest absolute Gasteiger partial charge is 0.313 e. The first-order chi connectivity index (χ1) is 10.2. The van der Waals surface area contributed by atoms with Gasteiger partial charge < -0.3 is 15.4 Å². The third kappa shape index (κ3) is 4.82. The molecule has 0 bridgehead atoms. The zero-order valence-corrected chi connectivity index (χ0v) is 12.4. The topological polar surface area (TPSA) is 82.2 Å². The van der Waals surface area contributed by atoms with E-state index >= 15 is 0 Å². The predicted molar refractivity (Wildman–Crippen MR) is 84.6 cm³/mol. The van der Waals surface area contributed by atoms with E-state index in [9.17, 15) is 9.59 Å². The molecule has 21 heavy (non-hydrogen) atoms. The molecule has 0 fully saturated rings. The fourth-order valence-electron chi connectivity index (χ4n) is 2.10. The molecule has 1 aromatic heterocycles. The number of rotatable bonds is 8. The van der Waals surface area contributed by atoms with Gasteiger partial charge >= 0.3 is 5.97 Å². The van der Waals surface area contributed by atoms with Gasteiger partial charge in [-0.2, -0.15) is 0 Å². The van der Waals surface area contributed by atoms with E-state index in [1.165, 1.54) is 11.8 Å². The molecule has 112 valence electrons. The second kappa shape index (κ2) is 7.73. The summed E-state index contributed by atoms with van der Waals surface area (Å²) < 4.78 is 0. The number of aryl methyl sites for hydroxylation is 1. The normalized spacial score (nSPS) is 10.7. The van der Waals surface area contributed by atoms with Crippen molar-refractivity contribution in [3.63, 3.8) is 0 Å². The number of para-hydroxylation sites is 1. The highest BCUT2D eigenvalue weighted by atomic mass is 32.2. The van der Waals surface area contributed by atoms with Crippen molar-refractivity contribution in [1.82, 2.24) is 10.3 Å². The molecule has 0 spiro atoms. The third-order valence-electron chi connectivity index (χ3n) is 3.09. The van der Waals surface area contributed by atoms with Gasteiger partial charge in [-0.3, -0.25) is 9.59 Å². The highest BCUT2D eigenvalue weighted by Crippen LogP contribution is 2.18. The van der Waals surface area contributed by atoms with Crippen LogP contribution < -0.4 is 5.32 Å². The number of hydrogen-bond donors (Lipinski definition) is 3. The number of aliphatic carboxylic acids is 1. The molecule has 1 heterocycles. The molecular weight excluding hydrogens is 288 g/mol. The standard InChI is InChI=1S/C15H18N2O3S/c18-14(16-7-8-21-10-15(19)20)6-5-11-9-17-13-4-2-1-3-12(11)13/h1-4,9,17H,5-8,10H2,(H,16,18)(H,19,20). The number of amides is 1. The van der Waals surface area contributed by atoms with Gasteiger partial charge in [0.25, 0.3) is 0 Å². The SMILES string of the molecule is O=C(O)CSCCNC(=O)CCc1c[nH]c2ccccc12. The van der Waals surface area contributed by atoms with Gasteiger partial charge in [-0.05, 0) is 18.1 Å². The Morgan fingerprint density at radius 3 is 2.90 bits per heavy atom. The van der Waals surface area contributed by atoms with Crippen LogP contribution in [0.5, 0.6) is 0 Å². The average Bonchev–Trinajstić information content (AvgIpc) is 2.87. The zero-order valence-electron chi connectivity index (χ0n) is 11.6. The molecule has 0 aliphatic heterocycles. The number of thioether (sulfide) groups is 1. The maximum absolute atomic E-state index is 11.7. The number of carbonyl (C=O) groups is 2. The Balaban J connectivity index is 1.70. The van der Waals surface area contributed by atoms with E-state index in [4.69, 9.17) is 5.11 Å². The first-order valence-corrected chi connectivity index (χ1v) is 7.93. The van der Waals surface area contributed by atoms with Crippen LogP contribution in [-0.2, 0) is 16.0 Å². The summed E-state index contributed by atoms with van der Waals surface area (Å²) in [6.07, 6.45) is 3.07. The second-order valence-electron chi connectivity index (χ2n) is 4.66. The van der Waals surface area contributed by atoms with E-state index in [2.05, 4.69) is 10.3 Å². The Kier molecular flexibility index (Phi) is 5.68. The first kappa shape index (κ1) is 15.4. The van der Waals surface area contributed by atoms with Gasteiger partial charge in [-0.15, -0.1) is 11.8 Å². The molecule has 3 N–H and O–H groups in total. The number of H-pyrrole nitrogens is 1. The van der Waals surface area contributed by atoms with E-state index in [1.807, 2.05) is 30.5 Å². The Morgan fingerprint density at radius 1 is 1.29 bits per heavy atom. The van der Waals surface area contributed by atoms with Crippen molar-refractivity contribution in [3.8, 4) is 0 Å². The van der Waals surface area contributed by atoms with Gasteiger partial charge in [0, 0.05) is 35.8 Å². The lowest BCUT2D eigenvalue weighted by Gasteiger charge is -2.04. The molecule has 0 aliphatic rings. The van der Waals surface area contributed by atoms with Crippen molar-refractivity contribution in [2.75, 3.05) is 18.1 Å². The monoisotopic (exact) mass is 306 g/mol. The summed E-state index contributed by atoms with van der Waals surface area (Å²) in [4.78, 5) is 25.2. The molecule has 1 aromatic carbocycles.